The van der Waals surface area contributed by atoms with Gasteiger partial charge in [-0.15, -0.1) is 10.2 Å². The minimum atomic E-state index is 0.0481. The molecule has 5 nitrogen and oxygen atoms in total. The van der Waals surface area contributed by atoms with Crippen LogP contribution in [0.4, 0.5) is 0 Å². The Hall–Kier alpha value is -1.79. The summed E-state index contributed by atoms with van der Waals surface area (Å²) < 4.78 is 5.52. The molecule has 1 aromatic carbocycles. The Bertz CT molecular complexity index is 609. The first-order valence-electron chi connectivity index (χ1n) is 7.57. The summed E-state index contributed by atoms with van der Waals surface area (Å²) in [5, 5.41) is 12.9. The normalized spacial score (nSPS) is 17.5. The predicted molar refractivity (Wildman–Crippen MR) is 85.4 cm³/mol. The van der Waals surface area contributed by atoms with Gasteiger partial charge in [-0.05, 0) is 19.3 Å². The molecule has 1 fully saturated rings. The lowest BCUT2D eigenvalue weighted by Crippen LogP contribution is -2.23. The summed E-state index contributed by atoms with van der Waals surface area (Å²) in [5.74, 6) is 0.0481. The summed E-state index contributed by atoms with van der Waals surface area (Å²) in [6, 6.07) is 9.93. The van der Waals surface area contributed by atoms with E-state index in [-0.39, 0.29) is 12.0 Å². The minimum absolute atomic E-state index is 0.0481. The molecule has 2 heterocycles. The van der Waals surface area contributed by atoms with Crippen molar-refractivity contribution in [1.82, 2.24) is 15.5 Å². The second kappa shape index (κ2) is 7.47. The Morgan fingerprint density at radius 2 is 2.18 bits per heavy atom. The molecule has 1 atom stereocenters. The lowest BCUT2D eigenvalue weighted by atomic mass is 10.1. The van der Waals surface area contributed by atoms with E-state index in [0.29, 0.717) is 13.0 Å². The van der Waals surface area contributed by atoms with Crippen LogP contribution in [0.25, 0.3) is 10.6 Å². The largest absolute Gasteiger partial charge is 0.378 e. The minimum Gasteiger partial charge on any atom is -0.378 e. The number of rotatable bonds is 6. The lowest BCUT2D eigenvalue weighted by molar-refractivity contribution is -0.121. The van der Waals surface area contributed by atoms with Gasteiger partial charge >= 0.3 is 0 Å². The molecule has 0 spiro atoms. The van der Waals surface area contributed by atoms with E-state index in [1.54, 1.807) is 0 Å². The lowest BCUT2D eigenvalue weighted by Gasteiger charge is -2.08. The summed E-state index contributed by atoms with van der Waals surface area (Å²) in [5.41, 5.74) is 1.05. The molecule has 1 aliphatic heterocycles. The first kappa shape index (κ1) is 15.1. The van der Waals surface area contributed by atoms with Gasteiger partial charge in [0, 0.05) is 18.6 Å². The molecule has 1 aliphatic rings. The zero-order chi connectivity index (χ0) is 15.2. The topological polar surface area (TPSA) is 64.1 Å². The van der Waals surface area contributed by atoms with Crippen LogP contribution in [0.5, 0.6) is 0 Å². The number of amides is 1. The van der Waals surface area contributed by atoms with Crippen LogP contribution in [-0.2, 0) is 16.1 Å². The van der Waals surface area contributed by atoms with Crippen LogP contribution in [0.3, 0.4) is 0 Å². The highest BCUT2D eigenvalue weighted by atomic mass is 32.1. The molecule has 116 valence electrons. The Labute approximate surface area is 133 Å². The molecule has 0 bridgehead atoms. The Balaban J connectivity index is 1.45. The molecule has 6 heteroatoms. The third kappa shape index (κ3) is 4.11. The maximum absolute atomic E-state index is 11.8. The average molecular weight is 317 g/mol. The van der Waals surface area contributed by atoms with Gasteiger partial charge in [0.2, 0.25) is 5.91 Å². The van der Waals surface area contributed by atoms with Crippen molar-refractivity contribution in [3.05, 3.63) is 35.3 Å². The fraction of sp³-hybridized carbons (Fsp3) is 0.438. The molecular weight excluding hydrogens is 298 g/mol. The van der Waals surface area contributed by atoms with E-state index in [2.05, 4.69) is 15.5 Å². The Morgan fingerprint density at radius 3 is 2.95 bits per heavy atom. The number of nitrogens with one attached hydrogen (secondary N) is 1. The number of benzene rings is 1. The summed E-state index contributed by atoms with van der Waals surface area (Å²) in [6.07, 6.45) is 3.76. The van der Waals surface area contributed by atoms with Gasteiger partial charge in [0.25, 0.3) is 0 Å². The van der Waals surface area contributed by atoms with Crippen molar-refractivity contribution in [2.75, 3.05) is 6.61 Å². The predicted octanol–water partition coefficient (Wildman–Crippen LogP) is 2.78. The summed E-state index contributed by atoms with van der Waals surface area (Å²) in [6.45, 7) is 1.27. The molecule has 1 aromatic heterocycles. The van der Waals surface area contributed by atoms with Crippen LogP contribution in [0.2, 0.25) is 0 Å². The van der Waals surface area contributed by atoms with E-state index in [4.69, 9.17) is 4.74 Å². The van der Waals surface area contributed by atoms with Crippen LogP contribution in [0, 0.1) is 0 Å². The second-order valence-corrected chi connectivity index (χ2v) is 6.38. The highest BCUT2D eigenvalue weighted by molar-refractivity contribution is 7.14. The third-order valence-corrected chi connectivity index (χ3v) is 4.61. The summed E-state index contributed by atoms with van der Waals surface area (Å²) in [4.78, 5) is 11.8. The second-order valence-electron chi connectivity index (χ2n) is 5.32. The standard InChI is InChI=1S/C16H19N3O2S/c20-14(9-8-13-7-4-10-21-13)17-11-15-18-19-16(22-15)12-5-2-1-3-6-12/h1-3,5-6,13H,4,7-11H2,(H,17,20)/t13-/m1/s1. The molecule has 0 saturated carbocycles. The van der Waals surface area contributed by atoms with Gasteiger partial charge in [0.1, 0.15) is 10.0 Å². The van der Waals surface area contributed by atoms with E-state index >= 15 is 0 Å². The fourth-order valence-corrected chi connectivity index (χ4v) is 3.23. The molecule has 0 unspecified atom stereocenters. The van der Waals surface area contributed by atoms with E-state index in [1.807, 2.05) is 30.3 Å². The zero-order valence-corrected chi connectivity index (χ0v) is 13.1. The van der Waals surface area contributed by atoms with Gasteiger partial charge in [-0.2, -0.15) is 0 Å². The van der Waals surface area contributed by atoms with Gasteiger partial charge in [0.15, 0.2) is 0 Å². The molecule has 1 amide bonds. The van der Waals surface area contributed by atoms with Crippen molar-refractivity contribution in [3.8, 4) is 10.6 Å². The molecule has 2 aromatic rings. The Kier molecular flexibility index (Phi) is 5.13. The quantitative estimate of drug-likeness (QED) is 0.890. The highest BCUT2D eigenvalue weighted by Crippen LogP contribution is 2.23. The van der Waals surface area contributed by atoms with E-state index in [9.17, 15) is 4.79 Å². The summed E-state index contributed by atoms with van der Waals surface area (Å²) in [7, 11) is 0. The number of carbonyl (C=O) groups excluding carboxylic acids is 1. The van der Waals surface area contributed by atoms with Gasteiger partial charge in [0.05, 0.1) is 12.6 Å². The van der Waals surface area contributed by atoms with E-state index in [1.165, 1.54) is 11.3 Å². The van der Waals surface area contributed by atoms with Crippen LogP contribution >= 0.6 is 11.3 Å². The van der Waals surface area contributed by atoms with Crippen molar-refractivity contribution in [2.24, 2.45) is 0 Å². The van der Waals surface area contributed by atoms with Crippen LogP contribution < -0.4 is 5.32 Å². The van der Waals surface area contributed by atoms with Crippen molar-refractivity contribution in [3.63, 3.8) is 0 Å². The van der Waals surface area contributed by atoms with Crippen LogP contribution in [0.15, 0.2) is 30.3 Å². The number of aromatic nitrogens is 2. The molecule has 22 heavy (non-hydrogen) atoms. The molecule has 0 radical (unpaired) electrons. The number of hydrogen-bond acceptors (Lipinski definition) is 5. The van der Waals surface area contributed by atoms with Crippen LogP contribution in [-0.4, -0.2) is 28.8 Å². The zero-order valence-electron chi connectivity index (χ0n) is 12.3. The third-order valence-electron chi connectivity index (χ3n) is 3.64. The fourth-order valence-electron chi connectivity index (χ4n) is 2.45. The van der Waals surface area contributed by atoms with Gasteiger partial charge in [-0.1, -0.05) is 41.7 Å². The Morgan fingerprint density at radius 1 is 1.32 bits per heavy atom. The molecule has 3 rings (SSSR count). The summed E-state index contributed by atoms with van der Waals surface area (Å²) >= 11 is 1.51. The SMILES string of the molecule is O=C(CC[C@H]1CCCO1)NCc1nnc(-c2ccccc2)s1. The van der Waals surface area contributed by atoms with Gasteiger partial charge in [-0.3, -0.25) is 4.79 Å². The number of ether oxygens (including phenoxy) is 1. The maximum Gasteiger partial charge on any atom is 0.220 e. The smallest absolute Gasteiger partial charge is 0.220 e. The molecule has 0 aliphatic carbocycles. The van der Waals surface area contributed by atoms with Crippen molar-refractivity contribution in [2.45, 2.75) is 38.3 Å². The van der Waals surface area contributed by atoms with Gasteiger partial charge < -0.3 is 10.1 Å². The van der Waals surface area contributed by atoms with E-state index < -0.39 is 0 Å². The molecule has 1 N–H and O–H groups in total. The van der Waals surface area contributed by atoms with E-state index in [0.717, 1.165) is 41.4 Å². The number of nitrogens with zero attached hydrogens (tertiary/aromatic N) is 2. The van der Waals surface area contributed by atoms with Gasteiger partial charge in [-0.25, -0.2) is 0 Å². The molecular formula is C16H19N3O2S. The van der Waals surface area contributed by atoms with Crippen molar-refractivity contribution in [1.29, 1.82) is 0 Å². The first-order valence-corrected chi connectivity index (χ1v) is 8.39. The van der Waals surface area contributed by atoms with Crippen molar-refractivity contribution >= 4 is 17.2 Å². The van der Waals surface area contributed by atoms with Crippen LogP contribution in [0.1, 0.15) is 30.7 Å². The van der Waals surface area contributed by atoms with Crippen molar-refractivity contribution < 1.29 is 9.53 Å². The highest BCUT2D eigenvalue weighted by Gasteiger charge is 2.16. The number of hydrogen-bond donors (Lipinski definition) is 1. The first-order chi connectivity index (χ1) is 10.8. The average Bonchev–Trinajstić information content (AvgIpc) is 3.23. The monoisotopic (exact) mass is 317 g/mol. The number of carbonyl (C=O) groups is 1. The molecule has 1 saturated heterocycles. The maximum atomic E-state index is 11.8.